The molecule has 0 spiro atoms. The van der Waals surface area contributed by atoms with Crippen molar-refractivity contribution in [2.45, 2.75) is 27.7 Å². The molecule has 7 heteroatoms. The van der Waals surface area contributed by atoms with Crippen molar-refractivity contribution in [3.8, 4) is 0 Å². The number of likely N-dealkylation sites (N-methyl/N-ethyl adjacent to an activating group) is 1. The molecule has 2 aliphatic heterocycles. The van der Waals surface area contributed by atoms with Crippen LogP contribution in [0.3, 0.4) is 0 Å². The summed E-state index contributed by atoms with van der Waals surface area (Å²) in [7, 11) is 0. The maximum atomic E-state index is 13.2. The van der Waals surface area contributed by atoms with E-state index in [1.54, 1.807) is 6.20 Å². The minimum absolute atomic E-state index is 0.0421. The molecule has 2 aromatic rings. The highest BCUT2D eigenvalue weighted by Gasteiger charge is 2.26. The van der Waals surface area contributed by atoms with Gasteiger partial charge in [0.25, 0.3) is 5.91 Å². The smallest absolute Gasteiger partial charge is 0.257 e. The van der Waals surface area contributed by atoms with Crippen LogP contribution in [0.25, 0.3) is 0 Å². The Balaban J connectivity index is 1.39. The summed E-state index contributed by atoms with van der Waals surface area (Å²) in [4.78, 5) is 31.4. The summed E-state index contributed by atoms with van der Waals surface area (Å²) < 4.78 is 0. The molecule has 1 aromatic carbocycles. The third-order valence-electron chi connectivity index (χ3n) is 6.78. The zero-order valence-corrected chi connectivity index (χ0v) is 19.3. The lowest BCUT2D eigenvalue weighted by Gasteiger charge is -2.37. The Morgan fingerprint density at radius 3 is 2.26 bits per heavy atom. The summed E-state index contributed by atoms with van der Waals surface area (Å²) in [6.07, 6.45) is 1.73. The van der Waals surface area contributed by atoms with Crippen LogP contribution in [0.1, 0.15) is 34.1 Å². The van der Waals surface area contributed by atoms with Gasteiger partial charge in [0.05, 0.1) is 11.3 Å². The van der Waals surface area contributed by atoms with Crippen LogP contribution in [0.4, 0.5) is 11.6 Å². The van der Waals surface area contributed by atoms with Crippen molar-refractivity contribution in [2.75, 3.05) is 68.7 Å². The summed E-state index contributed by atoms with van der Waals surface area (Å²) >= 11 is 0. The fraction of sp³-hybridized carbons (Fsp3) is 0.542. The molecule has 0 N–H and O–H groups in total. The van der Waals surface area contributed by atoms with Crippen LogP contribution in [-0.4, -0.2) is 84.6 Å². The van der Waals surface area contributed by atoms with Gasteiger partial charge < -0.3 is 19.6 Å². The summed E-state index contributed by atoms with van der Waals surface area (Å²) in [6, 6.07) is 6.44. The van der Waals surface area contributed by atoms with Crippen LogP contribution in [-0.2, 0) is 0 Å². The molecule has 0 unspecified atom stereocenters. The maximum Gasteiger partial charge on any atom is 0.257 e. The van der Waals surface area contributed by atoms with Gasteiger partial charge in [0.15, 0.2) is 0 Å². The van der Waals surface area contributed by atoms with E-state index in [1.807, 2.05) is 11.8 Å². The number of hydrogen-bond donors (Lipinski definition) is 0. The first-order valence-electron chi connectivity index (χ1n) is 11.4. The average Bonchev–Trinajstić information content (AvgIpc) is 2.80. The van der Waals surface area contributed by atoms with E-state index in [0.717, 1.165) is 57.5 Å². The van der Waals surface area contributed by atoms with Gasteiger partial charge in [-0.05, 0) is 44.5 Å². The predicted molar refractivity (Wildman–Crippen MR) is 125 cm³/mol. The normalized spacial score (nSPS) is 17.9. The SMILES string of the molecule is CCN1CCN(c2ncc(C(=O)N3CCN(c4cccc(C)c4C)CC3)c(C)n2)CC1. The first-order valence-corrected chi connectivity index (χ1v) is 11.4. The van der Waals surface area contributed by atoms with Gasteiger partial charge >= 0.3 is 0 Å². The molecule has 31 heavy (non-hydrogen) atoms. The lowest BCUT2D eigenvalue weighted by Crippen LogP contribution is -2.49. The molecule has 166 valence electrons. The molecule has 0 atom stereocenters. The predicted octanol–water partition coefficient (Wildman–Crippen LogP) is 2.51. The molecule has 0 aliphatic carbocycles. The molecule has 0 radical (unpaired) electrons. The molecule has 0 bridgehead atoms. The van der Waals surface area contributed by atoms with Crippen LogP contribution in [0, 0.1) is 20.8 Å². The number of aryl methyl sites for hydroxylation is 2. The molecular weight excluding hydrogens is 388 g/mol. The van der Waals surface area contributed by atoms with Crippen LogP contribution in [0.15, 0.2) is 24.4 Å². The van der Waals surface area contributed by atoms with Crippen molar-refractivity contribution in [1.82, 2.24) is 19.8 Å². The molecule has 7 nitrogen and oxygen atoms in total. The average molecular weight is 423 g/mol. The first-order chi connectivity index (χ1) is 15.0. The van der Waals surface area contributed by atoms with Gasteiger partial charge in [-0.25, -0.2) is 9.97 Å². The fourth-order valence-electron chi connectivity index (χ4n) is 4.48. The Kier molecular flexibility index (Phi) is 6.41. The highest BCUT2D eigenvalue weighted by molar-refractivity contribution is 5.95. The van der Waals surface area contributed by atoms with Crippen molar-refractivity contribution >= 4 is 17.5 Å². The van der Waals surface area contributed by atoms with Crippen molar-refractivity contribution in [1.29, 1.82) is 0 Å². The molecule has 2 saturated heterocycles. The number of carbonyl (C=O) groups is 1. The van der Waals surface area contributed by atoms with Gasteiger partial charge in [-0.15, -0.1) is 0 Å². The van der Waals surface area contributed by atoms with E-state index >= 15 is 0 Å². The van der Waals surface area contributed by atoms with E-state index in [4.69, 9.17) is 0 Å². The second kappa shape index (κ2) is 9.22. The molecule has 4 rings (SSSR count). The van der Waals surface area contributed by atoms with Crippen LogP contribution < -0.4 is 9.80 Å². The Morgan fingerprint density at radius 1 is 0.935 bits per heavy atom. The molecular formula is C24H34N6O. The number of hydrogen-bond acceptors (Lipinski definition) is 6. The minimum atomic E-state index is 0.0421. The lowest BCUT2D eigenvalue weighted by atomic mass is 10.1. The zero-order valence-electron chi connectivity index (χ0n) is 19.3. The van der Waals surface area contributed by atoms with E-state index in [0.29, 0.717) is 18.7 Å². The van der Waals surface area contributed by atoms with E-state index in [9.17, 15) is 4.79 Å². The molecule has 1 amide bonds. The number of carbonyl (C=O) groups excluding carboxylic acids is 1. The Bertz CT molecular complexity index is 930. The van der Waals surface area contributed by atoms with Gasteiger partial charge in [-0.1, -0.05) is 19.1 Å². The highest BCUT2D eigenvalue weighted by atomic mass is 16.2. The Hall–Kier alpha value is -2.67. The van der Waals surface area contributed by atoms with E-state index < -0.39 is 0 Å². The van der Waals surface area contributed by atoms with E-state index in [-0.39, 0.29) is 5.91 Å². The molecule has 2 aliphatic rings. The van der Waals surface area contributed by atoms with Gasteiger partial charge in [-0.2, -0.15) is 0 Å². The first kappa shape index (κ1) is 21.6. The third kappa shape index (κ3) is 4.51. The van der Waals surface area contributed by atoms with Gasteiger partial charge in [-0.3, -0.25) is 4.79 Å². The van der Waals surface area contributed by atoms with Crippen molar-refractivity contribution in [3.05, 3.63) is 46.8 Å². The minimum Gasteiger partial charge on any atom is -0.368 e. The standard InChI is InChI=1S/C24H34N6O/c1-5-27-9-11-30(12-10-27)24-25-17-21(20(4)26-24)23(31)29-15-13-28(14-16-29)22-8-6-7-18(2)19(22)3/h6-8,17H,5,9-16H2,1-4H3. The zero-order chi connectivity index (χ0) is 22.0. The number of rotatable bonds is 4. The largest absolute Gasteiger partial charge is 0.368 e. The van der Waals surface area contributed by atoms with E-state index in [1.165, 1.54) is 16.8 Å². The Labute approximate surface area is 185 Å². The topological polar surface area (TPSA) is 55.8 Å². The van der Waals surface area contributed by atoms with E-state index in [2.05, 4.69) is 63.6 Å². The van der Waals surface area contributed by atoms with Gasteiger partial charge in [0.2, 0.25) is 5.95 Å². The third-order valence-corrected chi connectivity index (χ3v) is 6.78. The van der Waals surface area contributed by atoms with Crippen LogP contribution in [0.2, 0.25) is 0 Å². The summed E-state index contributed by atoms with van der Waals surface area (Å²) in [5.74, 6) is 0.782. The van der Waals surface area contributed by atoms with Crippen molar-refractivity contribution in [3.63, 3.8) is 0 Å². The number of benzene rings is 1. The molecule has 2 fully saturated rings. The number of aromatic nitrogens is 2. The second-order valence-corrected chi connectivity index (χ2v) is 8.59. The van der Waals surface area contributed by atoms with Crippen molar-refractivity contribution < 1.29 is 4.79 Å². The fourth-order valence-corrected chi connectivity index (χ4v) is 4.48. The monoisotopic (exact) mass is 422 g/mol. The number of anilines is 2. The quantitative estimate of drug-likeness (QED) is 0.755. The lowest BCUT2D eigenvalue weighted by molar-refractivity contribution is 0.0745. The second-order valence-electron chi connectivity index (χ2n) is 8.59. The van der Waals surface area contributed by atoms with Crippen LogP contribution >= 0.6 is 0 Å². The number of nitrogens with zero attached hydrogens (tertiary/aromatic N) is 6. The highest BCUT2D eigenvalue weighted by Crippen LogP contribution is 2.24. The summed E-state index contributed by atoms with van der Waals surface area (Å²) in [5.41, 5.74) is 5.29. The Morgan fingerprint density at radius 2 is 1.61 bits per heavy atom. The summed E-state index contributed by atoms with van der Waals surface area (Å²) in [5, 5.41) is 0. The maximum absolute atomic E-state index is 13.2. The molecule has 1 aromatic heterocycles. The molecule has 0 saturated carbocycles. The van der Waals surface area contributed by atoms with Crippen molar-refractivity contribution in [2.24, 2.45) is 0 Å². The molecule has 3 heterocycles. The van der Waals surface area contributed by atoms with Gasteiger partial charge in [0, 0.05) is 64.2 Å². The number of piperazine rings is 2. The van der Waals surface area contributed by atoms with Crippen LogP contribution in [0.5, 0.6) is 0 Å². The number of amides is 1. The van der Waals surface area contributed by atoms with Gasteiger partial charge in [0.1, 0.15) is 0 Å². The summed E-state index contributed by atoms with van der Waals surface area (Å²) in [6.45, 7) is 16.6.